The first-order valence-electron chi connectivity index (χ1n) is 7.66. The normalized spacial score (nSPS) is 19.1. The molecule has 1 aromatic heterocycles. The summed E-state index contributed by atoms with van der Waals surface area (Å²) in [6.07, 6.45) is 1.50. The zero-order valence-electron chi connectivity index (χ0n) is 13.1. The van der Waals surface area contributed by atoms with Gasteiger partial charge in [0.2, 0.25) is 0 Å². The lowest BCUT2D eigenvalue weighted by Crippen LogP contribution is -2.29. The Morgan fingerprint density at radius 2 is 2.43 bits per heavy atom. The van der Waals surface area contributed by atoms with Crippen molar-refractivity contribution in [2.24, 2.45) is 5.92 Å². The molecule has 1 saturated heterocycles. The van der Waals surface area contributed by atoms with Gasteiger partial charge in [-0.1, -0.05) is 0 Å². The summed E-state index contributed by atoms with van der Waals surface area (Å²) >= 11 is 1.56. The minimum Gasteiger partial charge on any atom is -0.466 e. The molecule has 0 aromatic carbocycles. The van der Waals surface area contributed by atoms with E-state index in [9.17, 15) is 4.79 Å². The highest BCUT2D eigenvalue weighted by Crippen LogP contribution is 2.21. The summed E-state index contributed by atoms with van der Waals surface area (Å²) in [7, 11) is 0. The SMILES string of the molecule is CCOC(=O)Cc1csc(NCC2CCN(C(C)C)C2)n1. The van der Waals surface area contributed by atoms with Crippen LogP contribution in [0.3, 0.4) is 0 Å². The minimum absolute atomic E-state index is 0.210. The van der Waals surface area contributed by atoms with Gasteiger partial charge in [0.15, 0.2) is 5.13 Å². The standard InChI is InChI=1S/C15H25N3O2S/c1-4-20-14(19)7-13-10-21-15(17-13)16-8-12-5-6-18(9-12)11(2)3/h10-12H,4-9H2,1-3H3,(H,16,17). The van der Waals surface area contributed by atoms with Gasteiger partial charge in [0.1, 0.15) is 0 Å². The highest BCUT2D eigenvalue weighted by Gasteiger charge is 2.24. The van der Waals surface area contributed by atoms with E-state index in [0.717, 1.165) is 23.9 Å². The van der Waals surface area contributed by atoms with Gasteiger partial charge in [0.05, 0.1) is 18.7 Å². The molecule has 0 bridgehead atoms. The molecular formula is C15H25N3O2S. The number of carbonyl (C=O) groups excluding carboxylic acids is 1. The van der Waals surface area contributed by atoms with Crippen molar-refractivity contribution in [1.29, 1.82) is 0 Å². The lowest BCUT2D eigenvalue weighted by Gasteiger charge is -2.20. The van der Waals surface area contributed by atoms with Gasteiger partial charge >= 0.3 is 5.97 Å². The largest absolute Gasteiger partial charge is 0.466 e. The molecule has 118 valence electrons. The number of anilines is 1. The predicted octanol–water partition coefficient (Wildman–Crippen LogP) is 2.39. The van der Waals surface area contributed by atoms with Crippen molar-refractivity contribution in [3.8, 4) is 0 Å². The number of hydrogen-bond donors (Lipinski definition) is 1. The molecule has 1 N–H and O–H groups in total. The van der Waals surface area contributed by atoms with Crippen molar-refractivity contribution in [2.75, 3.05) is 31.6 Å². The molecule has 1 aromatic rings. The molecule has 1 fully saturated rings. The quantitative estimate of drug-likeness (QED) is 0.784. The molecule has 0 aliphatic carbocycles. The molecule has 0 radical (unpaired) electrons. The third-order valence-corrected chi connectivity index (χ3v) is 4.62. The van der Waals surface area contributed by atoms with E-state index in [1.807, 2.05) is 12.3 Å². The van der Waals surface area contributed by atoms with Crippen LogP contribution in [0.4, 0.5) is 5.13 Å². The number of aromatic nitrogens is 1. The van der Waals surface area contributed by atoms with Crippen LogP contribution in [0.25, 0.3) is 0 Å². The molecule has 5 nitrogen and oxygen atoms in total. The van der Waals surface area contributed by atoms with Gasteiger partial charge in [-0.2, -0.15) is 0 Å². The maximum absolute atomic E-state index is 11.4. The topological polar surface area (TPSA) is 54.5 Å². The Morgan fingerprint density at radius 1 is 1.62 bits per heavy atom. The van der Waals surface area contributed by atoms with Gasteiger partial charge in [0, 0.05) is 24.5 Å². The van der Waals surface area contributed by atoms with E-state index in [2.05, 4.69) is 29.0 Å². The predicted molar refractivity (Wildman–Crippen MR) is 85.8 cm³/mol. The Kier molecular flexibility index (Phi) is 5.99. The van der Waals surface area contributed by atoms with Crippen LogP contribution in [0.2, 0.25) is 0 Å². The number of likely N-dealkylation sites (tertiary alicyclic amines) is 1. The van der Waals surface area contributed by atoms with Crippen molar-refractivity contribution in [3.63, 3.8) is 0 Å². The molecule has 1 unspecified atom stereocenters. The highest BCUT2D eigenvalue weighted by atomic mass is 32.1. The Balaban J connectivity index is 1.74. The van der Waals surface area contributed by atoms with Crippen LogP contribution < -0.4 is 5.32 Å². The second-order valence-corrected chi connectivity index (χ2v) is 6.61. The monoisotopic (exact) mass is 311 g/mol. The second kappa shape index (κ2) is 7.75. The zero-order chi connectivity index (χ0) is 15.2. The van der Waals surface area contributed by atoms with Crippen molar-refractivity contribution in [2.45, 2.75) is 39.7 Å². The molecule has 21 heavy (non-hydrogen) atoms. The van der Waals surface area contributed by atoms with Crippen molar-refractivity contribution in [3.05, 3.63) is 11.1 Å². The Morgan fingerprint density at radius 3 is 3.10 bits per heavy atom. The molecule has 0 saturated carbocycles. The first-order valence-corrected chi connectivity index (χ1v) is 8.54. The summed E-state index contributed by atoms with van der Waals surface area (Å²) in [5.41, 5.74) is 0.788. The van der Waals surface area contributed by atoms with E-state index in [1.54, 1.807) is 11.3 Å². The third-order valence-electron chi connectivity index (χ3n) is 3.77. The summed E-state index contributed by atoms with van der Waals surface area (Å²) in [6.45, 7) is 10.0. The van der Waals surface area contributed by atoms with Gasteiger partial charge < -0.3 is 15.0 Å². The summed E-state index contributed by atoms with van der Waals surface area (Å²) < 4.78 is 4.93. The number of rotatable bonds is 7. The Labute approximate surface area is 130 Å². The Bertz CT molecular complexity index is 462. The second-order valence-electron chi connectivity index (χ2n) is 5.75. The van der Waals surface area contributed by atoms with Crippen LogP contribution >= 0.6 is 11.3 Å². The van der Waals surface area contributed by atoms with Crippen LogP contribution in [0.15, 0.2) is 5.38 Å². The van der Waals surface area contributed by atoms with Gasteiger partial charge in [-0.15, -0.1) is 11.3 Å². The highest BCUT2D eigenvalue weighted by molar-refractivity contribution is 7.13. The van der Waals surface area contributed by atoms with E-state index in [4.69, 9.17) is 4.74 Å². The van der Waals surface area contributed by atoms with Gasteiger partial charge in [-0.3, -0.25) is 4.79 Å². The van der Waals surface area contributed by atoms with E-state index in [1.165, 1.54) is 13.0 Å². The van der Waals surface area contributed by atoms with E-state index in [0.29, 0.717) is 18.6 Å². The first-order chi connectivity index (χ1) is 10.1. The fraction of sp³-hybridized carbons (Fsp3) is 0.733. The average Bonchev–Trinajstić information content (AvgIpc) is 3.05. The number of esters is 1. The number of nitrogens with zero attached hydrogens (tertiary/aromatic N) is 2. The molecular weight excluding hydrogens is 286 g/mol. The van der Waals surface area contributed by atoms with E-state index >= 15 is 0 Å². The molecule has 2 heterocycles. The number of hydrogen-bond acceptors (Lipinski definition) is 6. The lowest BCUT2D eigenvalue weighted by molar-refractivity contribution is -0.142. The van der Waals surface area contributed by atoms with Gasteiger partial charge in [0.25, 0.3) is 0 Å². The maximum atomic E-state index is 11.4. The van der Waals surface area contributed by atoms with Gasteiger partial charge in [-0.05, 0) is 39.7 Å². The Hall–Kier alpha value is -1.14. The molecule has 6 heteroatoms. The molecule has 2 rings (SSSR count). The van der Waals surface area contributed by atoms with E-state index in [-0.39, 0.29) is 12.4 Å². The zero-order valence-corrected chi connectivity index (χ0v) is 13.9. The van der Waals surface area contributed by atoms with Crippen LogP contribution in [0.5, 0.6) is 0 Å². The van der Waals surface area contributed by atoms with Crippen LogP contribution in [-0.2, 0) is 16.0 Å². The van der Waals surface area contributed by atoms with Gasteiger partial charge in [-0.25, -0.2) is 4.98 Å². The summed E-state index contributed by atoms with van der Waals surface area (Å²) in [5.74, 6) is 0.475. The van der Waals surface area contributed by atoms with Crippen LogP contribution in [-0.4, -0.2) is 48.1 Å². The fourth-order valence-corrected chi connectivity index (χ4v) is 3.28. The summed E-state index contributed by atoms with van der Waals surface area (Å²) in [4.78, 5) is 18.4. The number of ether oxygens (including phenoxy) is 1. The minimum atomic E-state index is -0.210. The van der Waals surface area contributed by atoms with E-state index < -0.39 is 0 Å². The smallest absolute Gasteiger partial charge is 0.311 e. The molecule has 1 atom stereocenters. The molecule has 1 aliphatic rings. The van der Waals surface area contributed by atoms with Crippen LogP contribution in [0, 0.1) is 5.92 Å². The van der Waals surface area contributed by atoms with Crippen molar-refractivity contribution >= 4 is 22.4 Å². The number of nitrogens with one attached hydrogen (secondary N) is 1. The number of thiazole rings is 1. The molecule has 0 amide bonds. The fourth-order valence-electron chi connectivity index (χ4n) is 2.56. The third kappa shape index (κ3) is 4.97. The van der Waals surface area contributed by atoms with Crippen molar-refractivity contribution < 1.29 is 9.53 Å². The van der Waals surface area contributed by atoms with Crippen LogP contribution in [0.1, 0.15) is 32.9 Å². The molecule has 0 spiro atoms. The van der Waals surface area contributed by atoms with Crippen molar-refractivity contribution in [1.82, 2.24) is 9.88 Å². The average molecular weight is 311 g/mol. The first kappa shape index (κ1) is 16.2. The summed E-state index contributed by atoms with van der Waals surface area (Å²) in [6, 6.07) is 0.631. The molecule has 1 aliphatic heterocycles. The summed E-state index contributed by atoms with van der Waals surface area (Å²) in [5, 5.41) is 6.23. The lowest BCUT2D eigenvalue weighted by atomic mass is 10.1. The number of carbonyl (C=O) groups is 1. The maximum Gasteiger partial charge on any atom is 0.311 e.